The Bertz CT molecular complexity index is 202. The third-order valence-corrected chi connectivity index (χ3v) is 7.64. The summed E-state index contributed by atoms with van der Waals surface area (Å²) in [5.41, 5.74) is 11.9. The van der Waals surface area contributed by atoms with Gasteiger partial charge in [0.2, 0.25) is 0 Å². The van der Waals surface area contributed by atoms with E-state index in [0.717, 1.165) is 9.84 Å². The van der Waals surface area contributed by atoms with E-state index in [1.807, 2.05) is 0 Å². The zero-order valence-corrected chi connectivity index (χ0v) is 12.2. The van der Waals surface area contributed by atoms with Crippen molar-refractivity contribution in [2.75, 3.05) is 0 Å². The lowest BCUT2D eigenvalue weighted by molar-refractivity contribution is 0.398. The van der Waals surface area contributed by atoms with E-state index >= 15 is 0 Å². The van der Waals surface area contributed by atoms with E-state index in [-0.39, 0.29) is 0 Å². The molecule has 2 saturated carbocycles. The molecule has 2 fully saturated rings. The van der Waals surface area contributed by atoms with Gasteiger partial charge in [-0.1, -0.05) is 4.01 Å². The van der Waals surface area contributed by atoms with Gasteiger partial charge < -0.3 is 11.5 Å². The first-order chi connectivity index (χ1) is 7.74. The molecule has 16 heavy (non-hydrogen) atoms. The van der Waals surface area contributed by atoms with Crippen molar-refractivity contribution < 1.29 is 0 Å². The molecule has 0 aromatic rings. The molecular formula is C13H25IN2. The third-order valence-electron chi connectivity index (χ3n) is 3.95. The molecule has 0 aliphatic heterocycles. The predicted octanol–water partition coefficient (Wildman–Crippen LogP) is 2.55. The Morgan fingerprint density at radius 1 is 0.750 bits per heavy atom. The van der Waals surface area contributed by atoms with Crippen molar-refractivity contribution in [1.29, 1.82) is 0 Å². The second-order valence-corrected chi connectivity index (χ2v) is 8.64. The summed E-state index contributed by atoms with van der Waals surface area (Å²) >= 11 is 0.323. The molecular weight excluding hydrogens is 311 g/mol. The van der Waals surface area contributed by atoms with Gasteiger partial charge >= 0.3 is 0 Å². The summed E-state index contributed by atoms with van der Waals surface area (Å²) < 4.78 is 3.74. The second-order valence-electron chi connectivity index (χ2n) is 5.44. The Morgan fingerprint density at radius 3 is 1.81 bits per heavy atom. The Kier molecular flexibility index (Phi) is 5.23. The minimum absolute atomic E-state index is 0.323. The standard InChI is InChI=1S/C13H25IN2/c15-12-5-1-10(2-6-12)9-14-11-3-7-13(16)8-4-11/h9-13H,1-8,15-16H2. The van der Waals surface area contributed by atoms with Gasteiger partial charge in [0.25, 0.3) is 0 Å². The number of hydrogen-bond acceptors (Lipinski definition) is 2. The molecule has 0 atom stereocenters. The van der Waals surface area contributed by atoms with Crippen LogP contribution in [0.5, 0.6) is 0 Å². The minimum atomic E-state index is 0.323. The number of rotatable bonds is 2. The van der Waals surface area contributed by atoms with Crippen LogP contribution in [0, 0.1) is 5.92 Å². The maximum Gasteiger partial charge on any atom is 0.00605 e. The molecule has 0 amide bonds. The number of hydrogen-bond donors (Lipinski definition) is 2. The van der Waals surface area contributed by atoms with Crippen LogP contribution in [0.3, 0.4) is 0 Å². The van der Waals surface area contributed by atoms with Crippen LogP contribution in [-0.2, 0) is 0 Å². The molecule has 0 heterocycles. The normalized spacial score (nSPS) is 41.9. The molecule has 2 aliphatic rings. The molecule has 0 saturated heterocycles. The first-order valence-corrected chi connectivity index (χ1v) is 9.19. The molecule has 2 aliphatic carbocycles. The van der Waals surface area contributed by atoms with E-state index in [9.17, 15) is 0 Å². The molecule has 0 bridgehead atoms. The Labute approximate surface area is 109 Å². The van der Waals surface area contributed by atoms with E-state index in [1.54, 1.807) is 0 Å². The zero-order valence-electron chi connectivity index (χ0n) is 10.1. The van der Waals surface area contributed by atoms with E-state index in [4.69, 9.17) is 11.5 Å². The molecule has 2 nitrogen and oxygen atoms in total. The second kappa shape index (κ2) is 6.45. The van der Waals surface area contributed by atoms with E-state index in [1.165, 1.54) is 51.4 Å². The van der Waals surface area contributed by atoms with Crippen LogP contribution in [0.1, 0.15) is 51.4 Å². The van der Waals surface area contributed by atoms with Crippen LogP contribution in [0.25, 0.3) is 0 Å². The quantitative estimate of drug-likeness (QED) is 0.601. The van der Waals surface area contributed by atoms with E-state index < -0.39 is 0 Å². The molecule has 3 heteroatoms. The molecule has 4 N–H and O–H groups in total. The molecule has 2 rings (SSSR count). The van der Waals surface area contributed by atoms with E-state index in [2.05, 4.69) is 4.01 Å². The summed E-state index contributed by atoms with van der Waals surface area (Å²) in [6.07, 6.45) is 10.6. The SMILES string of the molecule is NC1CCC(C=IC2CCC(N)CC2)CC1. The van der Waals surface area contributed by atoms with Crippen LogP contribution in [0.15, 0.2) is 0 Å². The predicted molar refractivity (Wildman–Crippen MR) is 80.2 cm³/mol. The average molecular weight is 336 g/mol. The number of nitrogens with two attached hydrogens (primary N) is 2. The van der Waals surface area contributed by atoms with Crippen LogP contribution in [-0.4, -0.2) is 20.0 Å². The van der Waals surface area contributed by atoms with Crippen LogP contribution >= 0.6 is 20.7 Å². The van der Waals surface area contributed by atoms with Gasteiger partial charge in [0.1, 0.15) is 0 Å². The van der Waals surface area contributed by atoms with Crippen LogP contribution in [0.2, 0.25) is 0 Å². The molecule has 0 spiro atoms. The van der Waals surface area contributed by atoms with E-state index in [0.29, 0.717) is 32.8 Å². The summed E-state index contributed by atoms with van der Waals surface area (Å²) in [6, 6.07) is 1.00. The van der Waals surface area contributed by atoms with Gasteiger partial charge in [0.15, 0.2) is 0 Å². The Hall–Kier alpha value is 0.520. The summed E-state index contributed by atoms with van der Waals surface area (Å²) in [5, 5.41) is 0. The zero-order chi connectivity index (χ0) is 11.4. The summed E-state index contributed by atoms with van der Waals surface area (Å²) in [5.74, 6) is 0.906. The maximum atomic E-state index is 5.94. The number of halogens is 1. The van der Waals surface area contributed by atoms with Crippen molar-refractivity contribution in [3.05, 3.63) is 0 Å². The summed E-state index contributed by atoms with van der Waals surface area (Å²) in [4.78, 5) is 0. The van der Waals surface area contributed by atoms with Crippen molar-refractivity contribution in [2.45, 2.75) is 67.4 Å². The Morgan fingerprint density at radius 2 is 1.25 bits per heavy atom. The molecule has 0 radical (unpaired) electrons. The largest absolute Gasteiger partial charge is 0.328 e. The molecule has 0 aromatic heterocycles. The van der Waals surface area contributed by atoms with Crippen molar-refractivity contribution in [2.24, 2.45) is 17.4 Å². The molecule has 94 valence electrons. The van der Waals surface area contributed by atoms with Gasteiger partial charge in [-0.2, -0.15) is 0 Å². The highest BCUT2D eigenvalue weighted by molar-refractivity contribution is 14.2. The van der Waals surface area contributed by atoms with Crippen LogP contribution < -0.4 is 11.5 Å². The highest BCUT2D eigenvalue weighted by Gasteiger charge is 2.19. The smallest absolute Gasteiger partial charge is 0.00605 e. The first kappa shape index (κ1) is 13.0. The average Bonchev–Trinajstić information content (AvgIpc) is 2.30. The third kappa shape index (κ3) is 4.08. The summed E-state index contributed by atoms with van der Waals surface area (Å²) in [7, 11) is 0. The monoisotopic (exact) mass is 336 g/mol. The van der Waals surface area contributed by atoms with Gasteiger partial charge in [-0.3, -0.25) is 0 Å². The van der Waals surface area contributed by atoms with Gasteiger partial charge in [0.05, 0.1) is 0 Å². The van der Waals surface area contributed by atoms with Crippen molar-refractivity contribution >= 4 is 24.7 Å². The highest BCUT2D eigenvalue weighted by atomic mass is 127. The molecule has 0 unspecified atom stereocenters. The fourth-order valence-electron chi connectivity index (χ4n) is 2.68. The highest BCUT2D eigenvalue weighted by Crippen LogP contribution is 2.30. The lowest BCUT2D eigenvalue weighted by Crippen LogP contribution is -2.27. The lowest BCUT2D eigenvalue weighted by Gasteiger charge is -2.25. The number of alkyl halides is 1. The molecule has 0 aromatic carbocycles. The van der Waals surface area contributed by atoms with Gasteiger partial charge in [-0.15, -0.1) is 20.7 Å². The maximum absolute atomic E-state index is 5.94. The van der Waals surface area contributed by atoms with Crippen molar-refractivity contribution in [3.63, 3.8) is 0 Å². The van der Waals surface area contributed by atoms with Gasteiger partial charge in [-0.05, 0) is 57.3 Å². The van der Waals surface area contributed by atoms with Crippen LogP contribution in [0.4, 0.5) is 0 Å². The van der Waals surface area contributed by atoms with Gasteiger partial charge in [-0.25, -0.2) is 0 Å². The fraction of sp³-hybridized carbons (Fsp3) is 0.923. The van der Waals surface area contributed by atoms with Crippen molar-refractivity contribution in [3.8, 4) is 0 Å². The fourth-order valence-corrected chi connectivity index (χ4v) is 6.01. The lowest BCUT2D eigenvalue weighted by atomic mass is 9.88. The van der Waals surface area contributed by atoms with Crippen molar-refractivity contribution in [1.82, 2.24) is 0 Å². The minimum Gasteiger partial charge on any atom is -0.328 e. The topological polar surface area (TPSA) is 52.0 Å². The Balaban J connectivity index is 1.72. The van der Waals surface area contributed by atoms with Gasteiger partial charge in [0, 0.05) is 16.0 Å². The first-order valence-electron chi connectivity index (χ1n) is 6.70. The summed E-state index contributed by atoms with van der Waals surface area (Å²) in [6.45, 7) is 0.